The third-order valence-electron chi connectivity index (χ3n) is 3.22. The molecule has 1 N–H and O–H groups in total. The van der Waals surface area contributed by atoms with E-state index in [4.69, 9.17) is 44.3 Å². The summed E-state index contributed by atoms with van der Waals surface area (Å²) in [6.45, 7) is 0.914. The summed E-state index contributed by atoms with van der Waals surface area (Å²) in [5.41, 5.74) is 1.18. The molecule has 23 heavy (non-hydrogen) atoms. The Hall–Kier alpha value is -1.62. The number of carbonyl (C=O) groups is 1. The highest BCUT2D eigenvalue weighted by atomic mass is 35.5. The van der Waals surface area contributed by atoms with Crippen LogP contribution in [0.25, 0.3) is 0 Å². The predicted molar refractivity (Wildman–Crippen MR) is 91.2 cm³/mol. The van der Waals surface area contributed by atoms with Gasteiger partial charge >= 0.3 is 0 Å². The second-order valence-electron chi connectivity index (χ2n) is 4.95. The molecule has 2 aromatic rings. The van der Waals surface area contributed by atoms with Crippen LogP contribution in [0.3, 0.4) is 0 Å². The van der Waals surface area contributed by atoms with Crippen LogP contribution in [0.2, 0.25) is 15.1 Å². The molecule has 1 aliphatic heterocycles. The Bertz CT molecular complexity index is 764. The monoisotopic (exact) mass is 371 g/mol. The molecule has 7 heteroatoms. The molecule has 0 fully saturated rings. The molecule has 0 atom stereocenters. The van der Waals surface area contributed by atoms with E-state index in [9.17, 15) is 4.79 Å². The van der Waals surface area contributed by atoms with Crippen LogP contribution in [-0.2, 0) is 11.2 Å². The van der Waals surface area contributed by atoms with Gasteiger partial charge in [0.2, 0.25) is 5.91 Å². The number of amides is 1. The third-order valence-corrected chi connectivity index (χ3v) is 4.07. The van der Waals surface area contributed by atoms with E-state index in [0.29, 0.717) is 45.5 Å². The molecule has 1 heterocycles. The van der Waals surface area contributed by atoms with Crippen LogP contribution in [0.1, 0.15) is 5.56 Å². The molecule has 120 valence electrons. The number of hydrogen-bond donors (Lipinski definition) is 1. The molecule has 0 aromatic heterocycles. The average molecular weight is 373 g/mol. The number of halogens is 3. The minimum atomic E-state index is -0.234. The Morgan fingerprint density at radius 3 is 2.65 bits per heavy atom. The third kappa shape index (κ3) is 3.83. The van der Waals surface area contributed by atoms with E-state index >= 15 is 0 Å². The molecule has 0 spiro atoms. The van der Waals surface area contributed by atoms with E-state index in [-0.39, 0.29) is 12.3 Å². The maximum Gasteiger partial charge on any atom is 0.228 e. The van der Waals surface area contributed by atoms with E-state index in [1.165, 1.54) is 0 Å². The topological polar surface area (TPSA) is 47.6 Å². The highest BCUT2D eigenvalue weighted by Crippen LogP contribution is 2.38. The first-order valence-electron chi connectivity index (χ1n) is 6.86. The summed E-state index contributed by atoms with van der Waals surface area (Å²) in [6, 6.07) is 8.31. The van der Waals surface area contributed by atoms with Crippen LogP contribution in [0, 0.1) is 0 Å². The number of hydrogen-bond acceptors (Lipinski definition) is 3. The number of fused-ring (bicyclic) bond motifs is 1. The van der Waals surface area contributed by atoms with Crippen molar-refractivity contribution in [1.29, 1.82) is 0 Å². The van der Waals surface area contributed by atoms with Crippen molar-refractivity contribution in [2.24, 2.45) is 0 Å². The molecular formula is C16H12Cl3NO3. The molecule has 0 saturated carbocycles. The van der Waals surface area contributed by atoms with Crippen molar-refractivity contribution < 1.29 is 14.3 Å². The zero-order valence-electron chi connectivity index (χ0n) is 11.9. The van der Waals surface area contributed by atoms with Gasteiger partial charge in [-0.1, -0.05) is 34.8 Å². The number of rotatable bonds is 3. The predicted octanol–water partition coefficient (Wildman–Crippen LogP) is 4.60. The second kappa shape index (κ2) is 6.87. The fourth-order valence-corrected chi connectivity index (χ4v) is 2.86. The molecule has 1 amide bonds. The fourth-order valence-electron chi connectivity index (χ4n) is 2.24. The number of carbonyl (C=O) groups excluding carboxylic acids is 1. The highest BCUT2D eigenvalue weighted by Gasteiger charge is 2.18. The molecule has 0 aliphatic carbocycles. The Morgan fingerprint density at radius 1 is 1.04 bits per heavy atom. The lowest BCUT2D eigenvalue weighted by Gasteiger charge is -2.20. The van der Waals surface area contributed by atoms with Gasteiger partial charge in [-0.25, -0.2) is 0 Å². The van der Waals surface area contributed by atoms with E-state index in [2.05, 4.69) is 5.32 Å². The largest absolute Gasteiger partial charge is 0.486 e. The van der Waals surface area contributed by atoms with Crippen molar-refractivity contribution in [3.05, 3.63) is 51.0 Å². The van der Waals surface area contributed by atoms with Crippen LogP contribution in [0.5, 0.6) is 11.5 Å². The Balaban J connectivity index is 1.75. The maximum absolute atomic E-state index is 12.2. The Morgan fingerprint density at radius 2 is 1.83 bits per heavy atom. The van der Waals surface area contributed by atoms with E-state index in [1.807, 2.05) is 0 Å². The Labute approximate surface area is 148 Å². The van der Waals surface area contributed by atoms with Crippen molar-refractivity contribution in [2.75, 3.05) is 18.5 Å². The fraction of sp³-hybridized carbons (Fsp3) is 0.188. The average Bonchev–Trinajstić information content (AvgIpc) is 2.51. The summed E-state index contributed by atoms with van der Waals surface area (Å²) in [5, 5.41) is 4.06. The van der Waals surface area contributed by atoms with Gasteiger partial charge in [-0.2, -0.15) is 0 Å². The summed E-state index contributed by atoms with van der Waals surface area (Å²) in [6.07, 6.45) is 0.124. The maximum atomic E-state index is 12.2. The van der Waals surface area contributed by atoms with Crippen LogP contribution in [0.4, 0.5) is 5.69 Å². The van der Waals surface area contributed by atoms with Crippen molar-refractivity contribution in [1.82, 2.24) is 0 Å². The molecular weight excluding hydrogens is 361 g/mol. The summed E-state index contributed by atoms with van der Waals surface area (Å²) >= 11 is 18.1. The molecule has 0 bridgehead atoms. The van der Waals surface area contributed by atoms with Gasteiger partial charge in [0, 0.05) is 5.02 Å². The van der Waals surface area contributed by atoms with E-state index in [1.54, 1.807) is 30.3 Å². The van der Waals surface area contributed by atoms with Gasteiger partial charge in [-0.3, -0.25) is 4.79 Å². The normalized spacial score (nSPS) is 12.8. The number of nitrogens with one attached hydrogen (secondary N) is 1. The van der Waals surface area contributed by atoms with Crippen molar-refractivity contribution >= 4 is 46.4 Å². The lowest BCUT2D eigenvalue weighted by atomic mass is 10.1. The molecule has 4 nitrogen and oxygen atoms in total. The molecule has 0 radical (unpaired) electrons. The van der Waals surface area contributed by atoms with Gasteiger partial charge < -0.3 is 14.8 Å². The van der Waals surface area contributed by atoms with Gasteiger partial charge in [0.1, 0.15) is 13.2 Å². The summed E-state index contributed by atoms with van der Waals surface area (Å²) in [4.78, 5) is 12.2. The molecule has 0 saturated heterocycles. The van der Waals surface area contributed by atoms with Gasteiger partial charge in [0.05, 0.1) is 22.2 Å². The van der Waals surface area contributed by atoms with Crippen LogP contribution in [0.15, 0.2) is 30.3 Å². The quantitative estimate of drug-likeness (QED) is 0.856. The number of ether oxygens (including phenoxy) is 2. The Kier molecular flexibility index (Phi) is 4.85. The van der Waals surface area contributed by atoms with Gasteiger partial charge in [-0.15, -0.1) is 0 Å². The summed E-state index contributed by atoms with van der Waals surface area (Å²) in [7, 11) is 0. The molecule has 1 aliphatic rings. The van der Waals surface area contributed by atoms with Crippen LogP contribution in [-0.4, -0.2) is 19.1 Å². The van der Waals surface area contributed by atoms with Crippen molar-refractivity contribution in [3.63, 3.8) is 0 Å². The highest BCUT2D eigenvalue weighted by molar-refractivity contribution is 6.35. The smallest absolute Gasteiger partial charge is 0.228 e. The summed E-state index contributed by atoms with van der Waals surface area (Å²) < 4.78 is 10.9. The van der Waals surface area contributed by atoms with Gasteiger partial charge in [-0.05, 0) is 35.9 Å². The van der Waals surface area contributed by atoms with Gasteiger partial charge in [0.25, 0.3) is 0 Å². The van der Waals surface area contributed by atoms with Crippen LogP contribution >= 0.6 is 34.8 Å². The standard InChI is InChI=1S/C16H12Cl3NO3/c17-10-1-2-11(18)13(8-10)20-15(21)7-9-5-12(19)16-14(6-9)22-3-4-23-16/h1-2,5-6,8H,3-4,7H2,(H,20,21). The zero-order valence-corrected chi connectivity index (χ0v) is 14.1. The minimum absolute atomic E-state index is 0.124. The molecule has 2 aromatic carbocycles. The molecule has 3 rings (SSSR count). The van der Waals surface area contributed by atoms with Crippen molar-refractivity contribution in [2.45, 2.75) is 6.42 Å². The van der Waals surface area contributed by atoms with E-state index in [0.717, 1.165) is 5.56 Å². The summed E-state index contributed by atoms with van der Waals surface area (Å²) in [5.74, 6) is 0.828. The van der Waals surface area contributed by atoms with Gasteiger partial charge in [0.15, 0.2) is 11.5 Å². The zero-order chi connectivity index (χ0) is 16.4. The first kappa shape index (κ1) is 16.2. The van der Waals surface area contributed by atoms with Crippen LogP contribution < -0.4 is 14.8 Å². The number of anilines is 1. The van der Waals surface area contributed by atoms with Crippen molar-refractivity contribution in [3.8, 4) is 11.5 Å². The second-order valence-corrected chi connectivity index (χ2v) is 6.20. The lowest BCUT2D eigenvalue weighted by Crippen LogP contribution is -2.17. The SMILES string of the molecule is O=C(Cc1cc(Cl)c2c(c1)OCCO2)Nc1cc(Cl)ccc1Cl. The minimum Gasteiger partial charge on any atom is -0.486 e. The first-order chi connectivity index (χ1) is 11.0. The van der Waals surface area contributed by atoms with E-state index < -0.39 is 0 Å². The lowest BCUT2D eigenvalue weighted by molar-refractivity contribution is -0.115. The first-order valence-corrected chi connectivity index (χ1v) is 7.99. The number of benzene rings is 2. The molecule has 0 unspecified atom stereocenters.